The second kappa shape index (κ2) is 7.93. The summed E-state index contributed by atoms with van der Waals surface area (Å²) in [6, 6.07) is 18.7. The van der Waals surface area contributed by atoms with Crippen LogP contribution in [0.1, 0.15) is 38.8 Å². The summed E-state index contributed by atoms with van der Waals surface area (Å²) in [4.78, 5) is 0. The van der Waals surface area contributed by atoms with Gasteiger partial charge in [-0.3, -0.25) is 0 Å². The van der Waals surface area contributed by atoms with E-state index in [0.717, 1.165) is 21.9 Å². The van der Waals surface area contributed by atoms with Gasteiger partial charge in [0.2, 0.25) is 0 Å². The molecule has 128 valence electrons. The zero-order chi connectivity index (χ0) is 17.7. The molecular weight excluding hydrogens is 312 g/mol. The fourth-order valence-electron chi connectivity index (χ4n) is 2.86. The van der Waals surface area contributed by atoms with Crippen molar-refractivity contribution in [2.45, 2.75) is 46.4 Å². The summed E-state index contributed by atoms with van der Waals surface area (Å²) in [6.07, 6.45) is 0.253. The molecule has 0 radical (unpaired) electrons. The first kappa shape index (κ1) is 18.7. The predicted octanol–water partition coefficient (Wildman–Crippen LogP) is 4.88. The van der Waals surface area contributed by atoms with Crippen molar-refractivity contribution in [2.24, 2.45) is 0 Å². The largest absolute Gasteiger partial charge is 0.389 e. The zero-order valence-corrected chi connectivity index (χ0v) is 16.4. The van der Waals surface area contributed by atoms with Crippen LogP contribution in [0.3, 0.4) is 0 Å². The van der Waals surface area contributed by atoms with Crippen LogP contribution in [0.4, 0.5) is 0 Å². The Morgan fingerprint density at radius 1 is 0.833 bits per heavy atom. The fourth-order valence-corrected chi connectivity index (χ4v) is 5.80. The minimum Gasteiger partial charge on any atom is -0.389 e. The van der Waals surface area contributed by atoms with Gasteiger partial charge in [0.05, 0.1) is 0 Å². The van der Waals surface area contributed by atoms with Gasteiger partial charge in [-0.15, -0.1) is 0 Å². The Bertz CT molecular complexity index is 667. The molecule has 0 N–H and O–H groups in total. The molecule has 2 nitrogen and oxygen atoms in total. The average Bonchev–Trinajstić information content (AvgIpc) is 2.53. The van der Waals surface area contributed by atoms with Crippen LogP contribution >= 0.6 is 0 Å². The minimum atomic E-state index is -2.47. The Morgan fingerprint density at radius 3 is 1.92 bits per heavy atom. The fraction of sp³-hybridized carbons (Fsp3) is 0.333. The molecule has 0 aliphatic carbocycles. The van der Waals surface area contributed by atoms with Gasteiger partial charge in [-0.1, -0.05) is 61.2 Å². The van der Waals surface area contributed by atoms with E-state index in [9.17, 15) is 0 Å². The molecule has 0 aromatic heterocycles. The van der Waals surface area contributed by atoms with E-state index in [1.807, 2.05) is 18.2 Å². The second-order valence-electron chi connectivity index (χ2n) is 6.70. The number of hydrogen-bond donors (Lipinski definition) is 0. The van der Waals surface area contributed by atoms with Crippen LogP contribution in [0.5, 0.6) is 0 Å². The maximum Gasteiger partial charge on any atom is 0.369 e. The number of hydrogen-bond acceptors (Lipinski definition) is 2. The summed E-state index contributed by atoms with van der Waals surface area (Å²) in [5, 5.41) is 1.14. The van der Waals surface area contributed by atoms with Gasteiger partial charge in [0.15, 0.2) is 0 Å². The molecule has 0 spiro atoms. The molecule has 0 aliphatic heterocycles. The third-order valence-electron chi connectivity index (χ3n) is 3.78. The highest BCUT2D eigenvalue weighted by atomic mass is 28.4. The van der Waals surface area contributed by atoms with Crippen LogP contribution in [-0.2, 0) is 8.85 Å². The summed E-state index contributed by atoms with van der Waals surface area (Å²) >= 11 is 0. The van der Waals surface area contributed by atoms with Crippen molar-refractivity contribution < 1.29 is 8.85 Å². The number of rotatable bonds is 7. The lowest BCUT2D eigenvalue weighted by Gasteiger charge is -2.31. The summed E-state index contributed by atoms with van der Waals surface area (Å²) in [6.45, 7) is 14.6. The molecule has 0 saturated heterocycles. The van der Waals surface area contributed by atoms with Crippen molar-refractivity contribution in [1.82, 2.24) is 0 Å². The standard InChI is InChI=1S/C21H28O2Si/c1-16(2)22-24(6,23-17(3)4)21-14-10-13-20(15-21)18(5)19-11-8-7-9-12-19/h7-17H,5H2,1-4,6H3. The van der Waals surface area contributed by atoms with E-state index < -0.39 is 8.56 Å². The predicted molar refractivity (Wildman–Crippen MR) is 105 cm³/mol. The van der Waals surface area contributed by atoms with Crippen LogP contribution in [-0.4, -0.2) is 20.8 Å². The van der Waals surface area contributed by atoms with E-state index in [2.05, 4.69) is 77.2 Å². The Labute approximate surface area is 147 Å². The molecular formula is C21H28O2Si. The van der Waals surface area contributed by atoms with Gasteiger partial charge in [0, 0.05) is 12.2 Å². The van der Waals surface area contributed by atoms with Gasteiger partial charge >= 0.3 is 8.56 Å². The maximum absolute atomic E-state index is 6.26. The Kier molecular flexibility index (Phi) is 6.16. The van der Waals surface area contributed by atoms with Crippen molar-refractivity contribution in [2.75, 3.05) is 0 Å². The van der Waals surface area contributed by atoms with Crippen LogP contribution in [0, 0.1) is 0 Å². The van der Waals surface area contributed by atoms with Crippen LogP contribution in [0.15, 0.2) is 61.2 Å². The van der Waals surface area contributed by atoms with Gasteiger partial charge in [0.25, 0.3) is 0 Å². The molecule has 0 unspecified atom stereocenters. The summed E-state index contributed by atoms with van der Waals surface area (Å²) in [7, 11) is -2.47. The highest BCUT2D eigenvalue weighted by Gasteiger charge is 2.36. The van der Waals surface area contributed by atoms with E-state index in [-0.39, 0.29) is 12.2 Å². The Morgan fingerprint density at radius 2 is 1.38 bits per heavy atom. The minimum absolute atomic E-state index is 0.126. The van der Waals surface area contributed by atoms with Crippen molar-refractivity contribution >= 4 is 19.3 Å². The first-order valence-electron chi connectivity index (χ1n) is 8.52. The van der Waals surface area contributed by atoms with Gasteiger partial charge in [-0.2, -0.15) is 0 Å². The normalized spacial score (nSPS) is 12.0. The zero-order valence-electron chi connectivity index (χ0n) is 15.4. The molecule has 0 aliphatic rings. The third-order valence-corrected chi connectivity index (χ3v) is 6.98. The van der Waals surface area contributed by atoms with Gasteiger partial charge in [0.1, 0.15) is 0 Å². The highest BCUT2D eigenvalue weighted by molar-refractivity contribution is 6.80. The molecule has 0 fully saturated rings. The summed E-state index contributed by atoms with van der Waals surface area (Å²) in [5.74, 6) is 0. The van der Waals surface area contributed by atoms with Crippen LogP contribution in [0.2, 0.25) is 6.55 Å². The van der Waals surface area contributed by atoms with Crippen LogP contribution < -0.4 is 5.19 Å². The Hall–Kier alpha value is -1.68. The van der Waals surface area contributed by atoms with Gasteiger partial charge in [-0.05, 0) is 56.1 Å². The first-order chi connectivity index (χ1) is 11.3. The van der Waals surface area contributed by atoms with Gasteiger partial charge < -0.3 is 8.85 Å². The Balaban J connectivity index is 2.38. The van der Waals surface area contributed by atoms with Crippen molar-refractivity contribution in [1.29, 1.82) is 0 Å². The molecule has 2 aromatic carbocycles. The molecule has 0 amide bonds. The van der Waals surface area contributed by atoms with E-state index >= 15 is 0 Å². The molecule has 2 rings (SSSR count). The highest BCUT2D eigenvalue weighted by Crippen LogP contribution is 2.22. The maximum atomic E-state index is 6.26. The summed E-state index contributed by atoms with van der Waals surface area (Å²) in [5.41, 5.74) is 3.26. The lowest BCUT2D eigenvalue weighted by atomic mass is 10.00. The molecule has 24 heavy (non-hydrogen) atoms. The molecule has 2 aromatic rings. The molecule has 0 saturated carbocycles. The van der Waals surface area contributed by atoms with Crippen LogP contribution in [0.25, 0.3) is 5.57 Å². The first-order valence-corrected chi connectivity index (χ1v) is 10.8. The van der Waals surface area contributed by atoms with E-state index in [0.29, 0.717) is 0 Å². The van der Waals surface area contributed by atoms with Crippen molar-refractivity contribution in [3.8, 4) is 0 Å². The summed E-state index contributed by atoms with van der Waals surface area (Å²) < 4.78 is 12.5. The smallest absolute Gasteiger partial charge is 0.369 e. The number of benzene rings is 2. The molecule has 3 heteroatoms. The molecule has 0 atom stereocenters. The average molecular weight is 341 g/mol. The van der Waals surface area contributed by atoms with E-state index in [4.69, 9.17) is 8.85 Å². The lowest BCUT2D eigenvalue weighted by molar-refractivity contribution is 0.120. The van der Waals surface area contributed by atoms with E-state index in [1.54, 1.807) is 0 Å². The van der Waals surface area contributed by atoms with Crippen molar-refractivity contribution in [3.63, 3.8) is 0 Å². The molecule has 0 heterocycles. The second-order valence-corrected chi connectivity index (χ2v) is 9.64. The lowest BCUT2D eigenvalue weighted by Crippen LogP contribution is -2.53. The van der Waals surface area contributed by atoms with Gasteiger partial charge in [-0.25, -0.2) is 0 Å². The topological polar surface area (TPSA) is 18.5 Å². The van der Waals surface area contributed by atoms with Crippen molar-refractivity contribution in [3.05, 3.63) is 72.3 Å². The monoisotopic (exact) mass is 340 g/mol. The van der Waals surface area contributed by atoms with E-state index in [1.165, 1.54) is 0 Å². The molecule has 0 bridgehead atoms. The third kappa shape index (κ3) is 4.66. The SMILES string of the molecule is C=C(c1ccccc1)c1cccc([Si](C)(OC(C)C)OC(C)C)c1. The quantitative estimate of drug-likeness (QED) is 0.669.